The van der Waals surface area contributed by atoms with Gasteiger partial charge in [0, 0.05) is 0 Å². The molecule has 0 spiro atoms. The van der Waals surface area contributed by atoms with E-state index >= 15 is 0 Å². The molecule has 1 aliphatic heterocycles. The van der Waals surface area contributed by atoms with Gasteiger partial charge in [-0.15, -0.1) is 23.5 Å². The van der Waals surface area contributed by atoms with Crippen molar-refractivity contribution in [1.82, 2.24) is 0 Å². The number of carbonyl (C=O) groups excluding carboxylic acids is 1. The molecule has 2 rings (SSSR count). The molecular weight excluding hydrogens is 264 g/mol. The summed E-state index contributed by atoms with van der Waals surface area (Å²) in [6.45, 7) is 2.40. The van der Waals surface area contributed by atoms with Crippen LogP contribution in [0.25, 0.3) is 0 Å². The Balaban J connectivity index is 2.03. The van der Waals surface area contributed by atoms with Crippen LogP contribution in [0.1, 0.15) is 51.9 Å². The number of hydrogen-bond donors (Lipinski definition) is 0. The third kappa shape index (κ3) is 3.60. The van der Waals surface area contributed by atoms with Gasteiger partial charge < -0.3 is 4.74 Å². The number of hydrogen-bond acceptors (Lipinski definition) is 4. The second kappa shape index (κ2) is 7.09. The first-order chi connectivity index (χ1) is 8.77. The van der Waals surface area contributed by atoms with Crippen LogP contribution in [0.5, 0.6) is 0 Å². The lowest BCUT2D eigenvalue weighted by Gasteiger charge is -2.43. The van der Waals surface area contributed by atoms with Crippen LogP contribution >= 0.6 is 23.5 Å². The normalized spacial score (nSPS) is 24.7. The second-order valence-corrected chi connectivity index (χ2v) is 8.29. The molecule has 0 unspecified atom stereocenters. The van der Waals surface area contributed by atoms with Crippen LogP contribution in [-0.2, 0) is 9.53 Å². The molecule has 0 aromatic carbocycles. The van der Waals surface area contributed by atoms with E-state index in [2.05, 4.69) is 0 Å². The minimum atomic E-state index is 0.00461. The molecule has 4 heteroatoms. The SMILES string of the molecule is CCOC(=O)CC1(C2CCCCC2)SCCCS1. The number of ether oxygens (including phenoxy) is 1. The summed E-state index contributed by atoms with van der Waals surface area (Å²) in [7, 11) is 0. The highest BCUT2D eigenvalue weighted by molar-refractivity contribution is 8.18. The van der Waals surface area contributed by atoms with Gasteiger partial charge in [-0.3, -0.25) is 4.79 Å². The molecule has 1 saturated heterocycles. The van der Waals surface area contributed by atoms with Crippen LogP contribution in [-0.4, -0.2) is 28.2 Å². The predicted molar refractivity (Wildman–Crippen MR) is 80.1 cm³/mol. The van der Waals surface area contributed by atoms with Gasteiger partial charge in [-0.05, 0) is 43.6 Å². The van der Waals surface area contributed by atoms with Crippen molar-refractivity contribution < 1.29 is 9.53 Å². The molecular formula is C14H24O2S2. The minimum absolute atomic E-state index is 0.00461. The largest absolute Gasteiger partial charge is 0.466 e. The molecule has 104 valence electrons. The maximum atomic E-state index is 11.9. The van der Waals surface area contributed by atoms with Gasteiger partial charge >= 0.3 is 5.97 Å². The molecule has 0 bridgehead atoms. The fourth-order valence-corrected chi connectivity index (χ4v) is 6.70. The maximum absolute atomic E-state index is 11.9. The van der Waals surface area contributed by atoms with E-state index in [4.69, 9.17) is 4.74 Å². The smallest absolute Gasteiger partial charge is 0.308 e. The standard InChI is InChI=1S/C14H24O2S2/c1-2-16-13(15)11-14(17-9-6-10-18-14)12-7-4-3-5-8-12/h12H,2-11H2,1H3. The third-order valence-corrected chi connectivity index (χ3v) is 7.53. The van der Waals surface area contributed by atoms with Crippen molar-refractivity contribution in [3.63, 3.8) is 0 Å². The van der Waals surface area contributed by atoms with Crippen LogP contribution in [0.2, 0.25) is 0 Å². The molecule has 1 heterocycles. The molecule has 2 aliphatic rings. The average molecular weight is 288 g/mol. The molecule has 2 nitrogen and oxygen atoms in total. The second-order valence-electron chi connectivity index (χ2n) is 5.18. The first-order valence-electron chi connectivity index (χ1n) is 7.20. The summed E-state index contributed by atoms with van der Waals surface area (Å²) in [5.41, 5.74) is 0. The number of rotatable bonds is 4. The Bertz CT molecular complexity index is 269. The summed E-state index contributed by atoms with van der Waals surface area (Å²) in [6, 6.07) is 0. The quantitative estimate of drug-likeness (QED) is 0.728. The molecule has 0 atom stereocenters. The average Bonchev–Trinajstić information content (AvgIpc) is 2.41. The zero-order valence-corrected chi connectivity index (χ0v) is 12.9. The van der Waals surface area contributed by atoms with E-state index in [1.54, 1.807) is 0 Å². The Kier molecular flexibility index (Phi) is 5.74. The molecule has 2 fully saturated rings. The number of esters is 1. The van der Waals surface area contributed by atoms with Gasteiger partial charge in [0.1, 0.15) is 0 Å². The van der Waals surface area contributed by atoms with Crippen LogP contribution in [0.4, 0.5) is 0 Å². The first kappa shape index (κ1) is 14.6. The van der Waals surface area contributed by atoms with E-state index in [0.717, 1.165) is 0 Å². The predicted octanol–water partition coefficient (Wildman–Crippen LogP) is 4.09. The third-order valence-electron chi connectivity index (χ3n) is 3.90. The van der Waals surface area contributed by atoms with Crippen LogP contribution in [0.3, 0.4) is 0 Å². The van der Waals surface area contributed by atoms with Crippen molar-refractivity contribution in [2.24, 2.45) is 5.92 Å². The van der Waals surface area contributed by atoms with E-state index in [9.17, 15) is 4.79 Å². The lowest BCUT2D eigenvalue weighted by molar-refractivity contribution is -0.143. The summed E-state index contributed by atoms with van der Waals surface area (Å²) < 4.78 is 5.32. The Hall–Kier alpha value is 0.170. The van der Waals surface area contributed by atoms with Gasteiger partial charge in [0.05, 0.1) is 17.1 Å². The highest BCUT2D eigenvalue weighted by atomic mass is 32.2. The molecule has 0 amide bonds. The van der Waals surface area contributed by atoms with Gasteiger partial charge in [-0.25, -0.2) is 0 Å². The summed E-state index contributed by atoms with van der Waals surface area (Å²) in [5, 5.41) is 0. The van der Waals surface area contributed by atoms with Gasteiger partial charge in [0.25, 0.3) is 0 Å². The van der Waals surface area contributed by atoms with Crippen molar-refractivity contribution in [3.05, 3.63) is 0 Å². The van der Waals surface area contributed by atoms with Gasteiger partial charge in [0.2, 0.25) is 0 Å². The van der Waals surface area contributed by atoms with E-state index in [1.165, 1.54) is 50.0 Å². The Morgan fingerprint density at radius 1 is 1.17 bits per heavy atom. The highest BCUT2D eigenvalue weighted by Gasteiger charge is 2.43. The zero-order valence-electron chi connectivity index (χ0n) is 11.3. The fourth-order valence-electron chi connectivity index (χ4n) is 3.03. The first-order valence-corrected chi connectivity index (χ1v) is 9.17. The minimum Gasteiger partial charge on any atom is -0.466 e. The van der Waals surface area contributed by atoms with Crippen molar-refractivity contribution >= 4 is 29.5 Å². The lowest BCUT2D eigenvalue weighted by atomic mass is 9.85. The Morgan fingerprint density at radius 3 is 2.44 bits per heavy atom. The van der Waals surface area contributed by atoms with E-state index in [-0.39, 0.29) is 10.0 Å². The van der Waals surface area contributed by atoms with Gasteiger partial charge in [-0.1, -0.05) is 19.3 Å². The van der Waals surface area contributed by atoms with E-state index in [0.29, 0.717) is 18.9 Å². The summed E-state index contributed by atoms with van der Waals surface area (Å²) >= 11 is 4.07. The zero-order chi connectivity index (χ0) is 12.8. The molecule has 18 heavy (non-hydrogen) atoms. The van der Waals surface area contributed by atoms with E-state index in [1.807, 2.05) is 30.4 Å². The van der Waals surface area contributed by atoms with Gasteiger partial charge in [-0.2, -0.15) is 0 Å². The van der Waals surface area contributed by atoms with Crippen molar-refractivity contribution in [3.8, 4) is 0 Å². The number of thioether (sulfide) groups is 2. The Labute approximate surface area is 119 Å². The van der Waals surface area contributed by atoms with Crippen LogP contribution < -0.4 is 0 Å². The highest BCUT2D eigenvalue weighted by Crippen LogP contribution is 2.54. The molecule has 0 aromatic heterocycles. The number of carbonyl (C=O) groups is 1. The lowest BCUT2D eigenvalue weighted by Crippen LogP contribution is -2.38. The van der Waals surface area contributed by atoms with E-state index < -0.39 is 0 Å². The topological polar surface area (TPSA) is 26.3 Å². The van der Waals surface area contributed by atoms with Crippen LogP contribution in [0.15, 0.2) is 0 Å². The monoisotopic (exact) mass is 288 g/mol. The Morgan fingerprint density at radius 2 is 1.83 bits per heavy atom. The van der Waals surface area contributed by atoms with Crippen molar-refractivity contribution in [1.29, 1.82) is 0 Å². The van der Waals surface area contributed by atoms with Gasteiger partial charge in [0.15, 0.2) is 0 Å². The maximum Gasteiger partial charge on any atom is 0.308 e. The summed E-state index contributed by atoms with van der Waals surface area (Å²) in [4.78, 5) is 11.9. The van der Waals surface area contributed by atoms with Crippen LogP contribution in [0, 0.1) is 5.92 Å². The summed E-state index contributed by atoms with van der Waals surface area (Å²) in [5.74, 6) is 3.14. The molecule has 0 radical (unpaired) electrons. The summed E-state index contributed by atoms with van der Waals surface area (Å²) in [6.07, 6.45) is 8.57. The molecule has 0 aromatic rings. The van der Waals surface area contributed by atoms with Crippen molar-refractivity contribution in [2.45, 2.75) is 55.9 Å². The fraction of sp³-hybridized carbons (Fsp3) is 0.929. The molecule has 1 saturated carbocycles. The molecule has 0 N–H and O–H groups in total. The van der Waals surface area contributed by atoms with Crippen molar-refractivity contribution in [2.75, 3.05) is 18.1 Å². The molecule has 1 aliphatic carbocycles.